The molecule has 1 amide bonds. The molecule has 0 aliphatic carbocycles. The number of hydrogen-bond donors (Lipinski definition) is 2. The minimum atomic E-state index is -0.294. The number of nitrogens with one attached hydrogen (secondary N) is 2. The van der Waals surface area contributed by atoms with Gasteiger partial charge in [-0.3, -0.25) is 4.79 Å². The van der Waals surface area contributed by atoms with E-state index in [1.165, 1.54) is 30.8 Å². The van der Waals surface area contributed by atoms with E-state index in [4.69, 9.17) is 11.6 Å². The maximum atomic E-state index is 12.0. The molecule has 1 aromatic carbocycles. The molecule has 1 aliphatic heterocycles. The Hall–Kier alpha value is -1.98. The zero-order chi connectivity index (χ0) is 16.1. The van der Waals surface area contributed by atoms with Crippen LogP contribution in [0, 0.1) is 0 Å². The van der Waals surface area contributed by atoms with Gasteiger partial charge in [-0.15, -0.1) is 0 Å². The van der Waals surface area contributed by atoms with Crippen molar-refractivity contribution in [1.82, 2.24) is 15.3 Å². The van der Waals surface area contributed by atoms with Crippen LogP contribution in [0.1, 0.15) is 35.3 Å². The topological polar surface area (TPSA) is 66.9 Å². The van der Waals surface area contributed by atoms with Crippen molar-refractivity contribution in [3.63, 3.8) is 0 Å². The zero-order valence-corrected chi connectivity index (χ0v) is 13.5. The van der Waals surface area contributed by atoms with Crippen molar-refractivity contribution in [2.45, 2.75) is 31.7 Å². The van der Waals surface area contributed by atoms with Gasteiger partial charge in [-0.05, 0) is 49.9 Å². The van der Waals surface area contributed by atoms with Crippen molar-refractivity contribution in [3.8, 4) is 0 Å². The summed E-state index contributed by atoms with van der Waals surface area (Å²) >= 11 is 5.66. The second-order valence-electron chi connectivity index (χ2n) is 5.71. The molecule has 1 aliphatic rings. The molecule has 1 unspecified atom stereocenters. The third-order valence-corrected chi connectivity index (χ3v) is 4.20. The highest BCUT2D eigenvalue weighted by Crippen LogP contribution is 2.15. The lowest BCUT2D eigenvalue weighted by atomic mass is 10.0. The molecule has 1 aromatic heterocycles. The number of halogens is 1. The van der Waals surface area contributed by atoms with Gasteiger partial charge in [0.2, 0.25) is 0 Å². The van der Waals surface area contributed by atoms with Crippen LogP contribution >= 0.6 is 11.6 Å². The van der Waals surface area contributed by atoms with Crippen LogP contribution in [0.15, 0.2) is 36.7 Å². The second-order valence-corrected chi connectivity index (χ2v) is 6.09. The Kier molecular flexibility index (Phi) is 5.20. The van der Waals surface area contributed by atoms with Crippen LogP contribution in [0.2, 0.25) is 5.15 Å². The summed E-state index contributed by atoms with van der Waals surface area (Å²) in [6.07, 6.45) is 7.48. The summed E-state index contributed by atoms with van der Waals surface area (Å²) in [5, 5.41) is 6.58. The van der Waals surface area contributed by atoms with Gasteiger partial charge in [0.25, 0.3) is 5.91 Å². The maximum absolute atomic E-state index is 12.0. The molecule has 0 bridgehead atoms. The highest BCUT2D eigenvalue weighted by molar-refractivity contribution is 6.29. The minimum Gasteiger partial charge on any atom is -0.321 e. The van der Waals surface area contributed by atoms with Crippen LogP contribution in [-0.4, -0.2) is 28.5 Å². The lowest BCUT2D eigenvalue weighted by Crippen LogP contribution is -2.21. The van der Waals surface area contributed by atoms with Crippen molar-refractivity contribution in [3.05, 3.63) is 53.1 Å². The Balaban J connectivity index is 1.54. The van der Waals surface area contributed by atoms with E-state index < -0.39 is 0 Å². The number of amides is 1. The zero-order valence-electron chi connectivity index (χ0n) is 12.8. The molecule has 0 radical (unpaired) electrons. The number of aromatic nitrogens is 2. The summed E-state index contributed by atoms with van der Waals surface area (Å²) in [5.41, 5.74) is 2.27. The molecule has 1 atom stereocenters. The van der Waals surface area contributed by atoms with Crippen LogP contribution in [0.25, 0.3) is 0 Å². The lowest BCUT2D eigenvalue weighted by molar-refractivity contribution is 0.102. The highest BCUT2D eigenvalue weighted by atomic mass is 35.5. The number of anilines is 1. The van der Waals surface area contributed by atoms with Gasteiger partial charge in [0.1, 0.15) is 10.8 Å². The summed E-state index contributed by atoms with van der Waals surface area (Å²) in [6, 6.07) is 8.59. The van der Waals surface area contributed by atoms with Crippen LogP contribution in [0.5, 0.6) is 0 Å². The molecule has 6 heteroatoms. The third kappa shape index (κ3) is 4.50. The van der Waals surface area contributed by atoms with E-state index in [0.29, 0.717) is 6.04 Å². The molecule has 0 saturated carbocycles. The highest BCUT2D eigenvalue weighted by Gasteiger charge is 2.13. The molecule has 2 N–H and O–H groups in total. The van der Waals surface area contributed by atoms with Crippen molar-refractivity contribution in [2.75, 3.05) is 11.9 Å². The van der Waals surface area contributed by atoms with Gasteiger partial charge in [-0.2, -0.15) is 0 Å². The van der Waals surface area contributed by atoms with Crippen molar-refractivity contribution >= 4 is 23.2 Å². The van der Waals surface area contributed by atoms with Crippen LogP contribution in [0.3, 0.4) is 0 Å². The smallest absolute Gasteiger partial charge is 0.275 e. The number of hydrogen-bond acceptors (Lipinski definition) is 4. The van der Waals surface area contributed by atoms with E-state index in [9.17, 15) is 4.79 Å². The molecule has 0 spiro atoms. The Morgan fingerprint density at radius 2 is 2.09 bits per heavy atom. The molecule has 1 fully saturated rings. The first-order valence-corrected chi connectivity index (χ1v) is 8.20. The Morgan fingerprint density at radius 1 is 1.26 bits per heavy atom. The van der Waals surface area contributed by atoms with E-state index in [1.54, 1.807) is 0 Å². The van der Waals surface area contributed by atoms with Crippen LogP contribution < -0.4 is 10.6 Å². The monoisotopic (exact) mass is 330 g/mol. The third-order valence-electron chi connectivity index (χ3n) is 4.01. The molecule has 120 valence electrons. The average molecular weight is 331 g/mol. The number of benzene rings is 1. The first kappa shape index (κ1) is 15.9. The minimum absolute atomic E-state index is 0.241. The van der Waals surface area contributed by atoms with Crippen molar-refractivity contribution in [2.24, 2.45) is 0 Å². The predicted molar refractivity (Wildman–Crippen MR) is 90.8 cm³/mol. The molecular formula is C17H19ClN4O. The fraction of sp³-hybridized carbons (Fsp3) is 0.353. The van der Waals surface area contributed by atoms with E-state index in [-0.39, 0.29) is 16.8 Å². The number of carbonyl (C=O) groups excluding carboxylic acids is 1. The van der Waals surface area contributed by atoms with Crippen LogP contribution in [-0.2, 0) is 6.42 Å². The largest absolute Gasteiger partial charge is 0.321 e. The first-order valence-electron chi connectivity index (χ1n) is 7.82. The van der Waals surface area contributed by atoms with E-state index in [2.05, 4.69) is 32.7 Å². The molecule has 1 saturated heterocycles. The van der Waals surface area contributed by atoms with Gasteiger partial charge >= 0.3 is 0 Å². The number of rotatable bonds is 5. The predicted octanol–water partition coefficient (Wildman–Crippen LogP) is 3.07. The standard InChI is InChI=1S/C17H19ClN4O/c18-16-11-20-15(10-21-16)17(23)22-14-7-4-12(5-8-14)3-6-13-2-1-9-19-13/h4-5,7-8,10-11,13,19H,1-3,6,9H2,(H,22,23). The quantitative estimate of drug-likeness (QED) is 0.884. The number of aryl methyl sites for hydroxylation is 1. The summed E-state index contributed by atoms with van der Waals surface area (Å²) in [7, 11) is 0. The summed E-state index contributed by atoms with van der Waals surface area (Å²) in [6.45, 7) is 1.14. The molecular weight excluding hydrogens is 312 g/mol. The van der Waals surface area contributed by atoms with Gasteiger partial charge in [0.15, 0.2) is 0 Å². The van der Waals surface area contributed by atoms with Gasteiger partial charge in [0.05, 0.1) is 12.4 Å². The maximum Gasteiger partial charge on any atom is 0.275 e. The lowest BCUT2D eigenvalue weighted by Gasteiger charge is -2.10. The molecule has 5 nitrogen and oxygen atoms in total. The van der Waals surface area contributed by atoms with Gasteiger partial charge in [0, 0.05) is 11.7 Å². The Labute approximate surface area is 140 Å². The fourth-order valence-corrected chi connectivity index (χ4v) is 2.82. The van der Waals surface area contributed by atoms with Gasteiger partial charge < -0.3 is 10.6 Å². The summed E-state index contributed by atoms with van der Waals surface area (Å²) in [4.78, 5) is 19.9. The summed E-state index contributed by atoms with van der Waals surface area (Å²) in [5.74, 6) is -0.294. The van der Waals surface area contributed by atoms with Crippen molar-refractivity contribution in [1.29, 1.82) is 0 Å². The number of nitrogens with zero attached hydrogens (tertiary/aromatic N) is 2. The molecule has 2 heterocycles. The van der Waals surface area contributed by atoms with Crippen molar-refractivity contribution < 1.29 is 4.79 Å². The van der Waals surface area contributed by atoms with E-state index in [0.717, 1.165) is 25.1 Å². The Bertz CT molecular complexity index is 651. The molecule has 23 heavy (non-hydrogen) atoms. The molecule has 2 aromatic rings. The second kappa shape index (κ2) is 7.53. The average Bonchev–Trinajstić information content (AvgIpc) is 3.08. The van der Waals surface area contributed by atoms with E-state index in [1.807, 2.05) is 12.1 Å². The SMILES string of the molecule is O=C(Nc1ccc(CCC2CCCN2)cc1)c1cnc(Cl)cn1. The summed E-state index contributed by atoms with van der Waals surface area (Å²) < 4.78 is 0. The van der Waals surface area contributed by atoms with Gasteiger partial charge in [-0.25, -0.2) is 9.97 Å². The first-order chi connectivity index (χ1) is 11.2. The van der Waals surface area contributed by atoms with Gasteiger partial charge in [-0.1, -0.05) is 23.7 Å². The fourth-order valence-electron chi connectivity index (χ4n) is 2.72. The molecule has 3 rings (SSSR count). The normalized spacial score (nSPS) is 17.2. The Morgan fingerprint density at radius 3 is 2.74 bits per heavy atom. The van der Waals surface area contributed by atoms with E-state index >= 15 is 0 Å². The number of carbonyl (C=O) groups is 1. The van der Waals surface area contributed by atoms with Crippen LogP contribution in [0.4, 0.5) is 5.69 Å².